The van der Waals surface area contributed by atoms with Gasteiger partial charge < -0.3 is 10.6 Å². The first-order valence-electron chi connectivity index (χ1n) is 6.20. The van der Waals surface area contributed by atoms with Crippen molar-refractivity contribution in [2.75, 3.05) is 13.1 Å². The van der Waals surface area contributed by atoms with E-state index in [9.17, 15) is 4.79 Å². The summed E-state index contributed by atoms with van der Waals surface area (Å²) in [4.78, 5) is 14.2. The SMILES string of the molecule is Cc1ccc(C(=O)N2CCC[C@@H](N)C2)cc1C. The van der Waals surface area contributed by atoms with E-state index in [1.165, 1.54) is 5.56 Å². The van der Waals surface area contributed by atoms with Crippen molar-refractivity contribution in [1.82, 2.24) is 4.90 Å². The minimum absolute atomic E-state index is 0.114. The van der Waals surface area contributed by atoms with E-state index in [4.69, 9.17) is 5.73 Å². The van der Waals surface area contributed by atoms with Gasteiger partial charge in [0.25, 0.3) is 5.91 Å². The number of nitrogens with zero attached hydrogens (tertiary/aromatic N) is 1. The molecule has 92 valence electrons. The third-order valence-corrected chi connectivity index (χ3v) is 3.50. The van der Waals surface area contributed by atoms with Crippen molar-refractivity contribution in [3.63, 3.8) is 0 Å². The average molecular weight is 232 g/mol. The molecule has 3 heteroatoms. The molecule has 1 heterocycles. The summed E-state index contributed by atoms with van der Waals surface area (Å²) in [6.07, 6.45) is 2.04. The molecule has 0 radical (unpaired) electrons. The molecule has 0 spiro atoms. The zero-order chi connectivity index (χ0) is 12.4. The van der Waals surface area contributed by atoms with Crippen LogP contribution in [0.1, 0.15) is 34.3 Å². The lowest BCUT2D eigenvalue weighted by Crippen LogP contribution is -2.45. The molecule has 2 N–H and O–H groups in total. The maximum atomic E-state index is 12.3. The first-order valence-corrected chi connectivity index (χ1v) is 6.20. The summed E-state index contributed by atoms with van der Waals surface area (Å²) in [6, 6.07) is 6.02. The maximum absolute atomic E-state index is 12.3. The van der Waals surface area contributed by atoms with Gasteiger partial charge in [0.1, 0.15) is 0 Å². The van der Waals surface area contributed by atoms with Crippen LogP contribution in [0.25, 0.3) is 0 Å². The zero-order valence-corrected chi connectivity index (χ0v) is 10.6. The molecule has 2 rings (SSSR count). The van der Waals surface area contributed by atoms with Gasteiger partial charge in [0.05, 0.1) is 0 Å². The lowest BCUT2D eigenvalue weighted by Gasteiger charge is -2.31. The molecule has 1 aliphatic rings. The van der Waals surface area contributed by atoms with Crippen LogP contribution in [0.15, 0.2) is 18.2 Å². The highest BCUT2D eigenvalue weighted by Gasteiger charge is 2.22. The summed E-state index contributed by atoms with van der Waals surface area (Å²) in [5, 5.41) is 0. The van der Waals surface area contributed by atoms with E-state index in [1.54, 1.807) is 0 Å². The van der Waals surface area contributed by atoms with Crippen molar-refractivity contribution in [2.24, 2.45) is 5.73 Å². The number of hydrogen-bond donors (Lipinski definition) is 1. The van der Waals surface area contributed by atoms with Crippen LogP contribution in [0.3, 0.4) is 0 Å². The van der Waals surface area contributed by atoms with Crippen molar-refractivity contribution in [3.8, 4) is 0 Å². The second-order valence-corrected chi connectivity index (χ2v) is 4.95. The van der Waals surface area contributed by atoms with Gasteiger partial charge in [0.2, 0.25) is 0 Å². The minimum Gasteiger partial charge on any atom is -0.337 e. The summed E-state index contributed by atoms with van der Waals surface area (Å²) < 4.78 is 0. The minimum atomic E-state index is 0.114. The molecule has 0 unspecified atom stereocenters. The van der Waals surface area contributed by atoms with Gasteiger partial charge in [-0.25, -0.2) is 0 Å². The number of rotatable bonds is 1. The van der Waals surface area contributed by atoms with Crippen LogP contribution < -0.4 is 5.73 Å². The third kappa shape index (κ3) is 2.67. The summed E-state index contributed by atoms with van der Waals surface area (Å²) in [7, 11) is 0. The van der Waals surface area contributed by atoms with Crippen LogP contribution in [-0.4, -0.2) is 29.9 Å². The van der Waals surface area contributed by atoms with Gasteiger partial charge in [-0.2, -0.15) is 0 Å². The van der Waals surface area contributed by atoms with Crippen molar-refractivity contribution in [2.45, 2.75) is 32.7 Å². The van der Waals surface area contributed by atoms with Crippen molar-refractivity contribution in [3.05, 3.63) is 34.9 Å². The van der Waals surface area contributed by atoms with E-state index in [1.807, 2.05) is 30.0 Å². The number of carbonyl (C=O) groups is 1. The second kappa shape index (κ2) is 4.88. The molecular formula is C14H20N2O. The van der Waals surface area contributed by atoms with Gasteiger partial charge in [-0.05, 0) is 49.9 Å². The van der Waals surface area contributed by atoms with E-state index >= 15 is 0 Å². The van der Waals surface area contributed by atoms with Gasteiger partial charge in [0.15, 0.2) is 0 Å². The smallest absolute Gasteiger partial charge is 0.253 e. The molecule has 0 bridgehead atoms. The Bertz CT molecular complexity index is 428. The highest BCUT2D eigenvalue weighted by molar-refractivity contribution is 5.94. The number of piperidine rings is 1. The predicted molar refractivity (Wildman–Crippen MR) is 69.0 cm³/mol. The molecule has 1 fully saturated rings. The van der Waals surface area contributed by atoms with Crippen molar-refractivity contribution >= 4 is 5.91 Å². The summed E-state index contributed by atoms with van der Waals surface area (Å²) in [5.74, 6) is 0.114. The highest BCUT2D eigenvalue weighted by Crippen LogP contribution is 2.15. The Morgan fingerprint density at radius 2 is 2.12 bits per heavy atom. The van der Waals surface area contributed by atoms with E-state index in [2.05, 4.69) is 6.92 Å². The largest absolute Gasteiger partial charge is 0.337 e. The van der Waals surface area contributed by atoms with E-state index in [0.717, 1.165) is 30.5 Å². The number of nitrogens with two attached hydrogens (primary N) is 1. The van der Waals surface area contributed by atoms with Gasteiger partial charge in [-0.3, -0.25) is 4.79 Å². The lowest BCUT2D eigenvalue weighted by atomic mass is 10.0. The standard InChI is InChI=1S/C14H20N2O/c1-10-5-6-12(8-11(10)2)14(17)16-7-3-4-13(15)9-16/h5-6,8,13H,3-4,7,9,15H2,1-2H3/t13-/m1/s1. The molecular weight excluding hydrogens is 212 g/mol. The van der Waals surface area contributed by atoms with Crippen LogP contribution in [0.5, 0.6) is 0 Å². The monoisotopic (exact) mass is 232 g/mol. The molecule has 1 atom stereocenters. The van der Waals surface area contributed by atoms with Gasteiger partial charge in [-0.1, -0.05) is 6.07 Å². The number of amides is 1. The number of benzene rings is 1. The first kappa shape index (κ1) is 12.1. The van der Waals surface area contributed by atoms with E-state index in [0.29, 0.717) is 6.54 Å². The Hall–Kier alpha value is -1.35. The molecule has 3 nitrogen and oxygen atoms in total. The number of carbonyl (C=O) groups excluding carboxylic acids is 1. The third-order valence-electron chi connectivity index (χ3n) is 3.50. The summed E-state index contributed by atoms with van der Waals surface area (Å²) >= 11 is 0. The average Bonchev–Trinajstić information content (AvgIpc) is 2.32. The highest BCUT2D eigenvalue weighted by atomic mass is 16.2. The van der Waals surface area contributed by atoms with Crippen LogP contribution in [0.4, 0.5) is 0 Å². The molecule has 0 aromatic heterocycles. The Morgan fingerprint density at radius 1 is 1.35 bits per heavy atom. The fourth-order valence-electron chi connectivity index (χ4n) is 2.25. The normalized spacial score (nSPS) is 20.4. The number of likely N-dealkylation sites (tertiary alicyclic amines) is 1. The van der Waals surface area contributed by atoms with Crippen LogP contribution in [-0.2, 0) is 0 Å². The molecule has 1 aromatic carbocycles. The Morgan fingerprint density at radius 3 is 2.76 bits per heavy atom. The summed E-state index contributed by atoms with van der Waals surface area (Å²) in [6.45, 7) is 5.61. The van der Waals surface area contributed by atoms with E-state index < -0.39 is 0 Å². The molecule has 1 aliphatic heterocycles. The van der Waals surface area contributed by atoms with Crippen molar-refractivity contribution < 1.29 is 4.79 Å². The van der Waals surface area contributed by atoms with E-state index in [-0.39, 0.29) is 11.9 Å². The predicted octanol–water partition coefficient (Wildman–Crippen LogP) is 1.87. The fourth-order valence-corrected chi connectivity index (χ4v) is 2.25. The molecule has 0 saturated carbocycles. The molecule has 1 amide bonds. The fraction of sp³-hybridized carbons (Fsp3) is 0.500. The van der Waals surface area contributed by atoms with Crippen molar-refractivity contribution in [1.29, 1.82) is 0 Å². The topological polar surface area (TPSA) is 46.3 Å². The lowest BCUT2D eigenvalue weighted by molar-refractivity contribution is 0.0708. The first-order chi connectivity index (χ1) is 8.08. The molecule has 0 aliphatic carbocycles. The number of aryl methyl sites for hydroxylation is 2. The zero-order valence-electron chi connectivity index (χ0n) is 10.6. The van der Waals surface area contributed by atoms with Crippen LogP contribution in [0, 0.1) is 13.8 Å². The molecule has 1 saturated heterocycles. The summed E-state index contributed by atoms with van der Waals surface area (Å²) in [5.41, 5.74) is 9.06. The van der Waals surface area contributed by atoms with Crippen LogP contribution >= 0.6 is 0 Å². The molecule has 1 aromatic rings. The Labute approximate surface area is 103 Å². The Kier molecular flexibility index (Phi) is 3.48. The van der Waals surface area contributed by atoms with Crippen LogP contribution in [0.2, 0.25) is 0 Å². The Balaban J connectivity index is 2.15. The van der Waals surface area contributed by atoms with Gasteiger partial charge >= 0.3 is 0 Å². The maximum Gasteiger partial charge on any atom is 0.253 e. The van der Waals surface area contributed by atoms with Gasteiger partial charge in [-0.15, -0.1) is 0 Å². The number of hydrogen-bond acceptors (Lipinski definition) is 2. The quantitative estimate of drug-likeness (QED) is 0.803. The molecule has 17 heavy (non-hydrogen) atoms. The second-order valence-electron chi connectivity index (χ2n) is 4.95. The van der Waals surface area contributed by atoms with Gasteiger partial charge in [0, 0.05) is 24.7 Å².